The second kappa shape index (κ2) is 6.97. The van der Waals surface area contributed by atoms with E-state index in [2.05, 4.69) is 15.3 Å². The number of thioether (sulfide) groups is 1. The number of aromatic nitrogens is 2. The first kappa shape index (κ1) is 17.6. The SMILES string of the molecule is O=C(CSc1nc2ccccc2[nH]1)Nc1c(Cl)cccc1C(F)(F)F. The first-order chi connectivity index (χ1) is 11.8. The van der Waals surface area contributed by atoms with Crippen molar-refractivity contribution in [1.29, 1.82) is 0 Å². The summed E-state index contributed by atoms with van der Waals surface area (Å²) in [4.78, 5) is 19.3. The highest BCUT2D eigenvalue weighted by atomic mass is 35.5. The number of nitrogens with one attached hydrogen (secondary N) is 2. The molecule has 9 heteroatoms. The van der Waals surface area contributed by atoms with Gasteiger partial charge in [-0.15, -0.1) is 0 Å². The highest BCUT2D eigenvalue weighted by Crippen LogP contribution is 2.38. The molecule has 0 radical (unpaired) electrons. The Bertz CT molecular complexity index is 893. The number of hydrogen-bond donors (Lipinski definition) is 2. The molecule has 2 N–H and O–H groups in total. The average Bonchev–Trinajstić information content (AvgIpc) is 2.96. The predicted octanol–water partition coefficient (Wildman–Crippen LogP) is 4.97. The van der Waals surface area contributed by atoms with Gasteiger partial charge in [0.15, 0.2) is 5.16 Å². The number of H-pyrrole nitrogens is 1. The van der Waals surface area contributed by atoms with Crippen LogP contribution in [0.15, 0.2) is 47.6 Å². The van der Waals surface area contributed by atoms with Crippen LogP contribution in [0.2, 0.25) is 5.02 Å². The summed E-state index contributed by atoms with van der Waals surface area (Å²) in [5.74, 6) is -0.716. The summed E-state index contributed by atoms with van der Waals surface area (Å²) in [6.45, 7) is 0. The van der Waals surface area contributed by atoms with Crippen molar-refractivity contribution in [3.8, 4) is 0 Å². The fourth-order valence-corrected chi connectivity index (χ4v) is 3.10. The number of imidazole rings is 1. The number of para-hydroxylation sites is 3. The van der Waals surface area contributed by atoms with Crippen LogP contribution >= 0.6 is 23.4 Å². The number of anilines is 1. The van der Waals surface area contributed by atoms with Gasteiger partial charge in [-0.3, -0.25) is 4.79 Å². The number of benzene rings is 2. The predicted molar refractivity (Wildman–Crippen MR) is 91.9 cm³/mol. The number of halogens is 4. The molecule has 0 unspecified atom stereocenters. The summed E-state index contributed by atoms with van der Waals surface area (Å²) in [6.07, 6.45) is -4.61. The molecule has 0 spiro atoms. The summed E-state index contributed by atoms with van der Waals surface area (Å²) in [5, 5.41) is 2.57. The van der Waals surface area contributed by atoms with Crippen LogP contribution < -0.4 is 5.32 Å². The molecular formula is C16H11ClF3N3OS. The van der Waals surface area contributed by atoms with E-state index in [-0.39, 0.29) is 10.8 Å². The molecule has 0 fully saturated rings. The van der Waals surface area contributed by atoms with Crippen LogP contribution in [0.5, 0.6) is 0 Å². The van der Waals surface area contributed by atoms with Gasteiger partial charge in [0, 0.05) is 0 Å². The van der Waals surface area contributed by atoms with Crippen molar-refractivity contribution >= 4 is 46.0 Å². The fourth-order valence-electron chi connectivity index (χ4n) is 2.19. The maximum Gasteiger partial charge on any atom is 0.418 e. The van der Waals surface area contributed by atoms with Crippen LogP contribution in [0, 0.1) is 0 Å². The average molecular weight is 386 g/mol. The van der Waals surface area contributed by atoms with E-state index in [0.29, 0.717) is 5.16 Å². The monoisotopic (exact) mass is 385 g/mol. The first-order valence-corrected chi connectivity index (χ1v) is 8.44. The first-order valence-electron chi connectivity index (χ1n) is 7.07. The molecule has 2 aromatic carbocycles. The normalized spacial score (nSPS) is 11.7. The summed E-state index contributed by atoms with van der Waals surface area (Å²) in [5.41, 5.74) is 0.140. The van der Waals surface area contributed by atoms with Crippen molar-refractivity contribution in [2.75, 3.05) is 11.1 Å². The van der Waals surface area contributed by atoms with Gasteiger partial charge in [0.05, 0.1) is 33.1 Å². The van der Waals surface area contributed by atoms with Crippen LogP contribution in [-0.4, -0.2) is 21.6 Å². The maximum absolute atomic E-state index is 13.0. The van der Waals surface area contributed by atoms with Gasteiger partial charge in [0.2, 0.25) is 5.91 Å². The molecule has 3 rings (SSSR count). The number of hydrogen-bond acceptors (Lipinski definition) is 3. The highest BCUT2D eigenvalue weighted by molar-refractivity contribution is 7.99. The lowest BCUT2D eigenvalue weighted by Crippen LogP contribution is -2.18. The number of aromatic amines is 1. The number of alkyl halides is 3. The quantitative estimate of drug-likeness (QED) is 0.624. The van der Waals surface area contributed by atoms with E-state index in [1.165, 1.54) is 12.1 Å². The van der Waals surface area contributed by atoms with Crippen LogP contribution in [0.4, 0.5) is 18.9 Å². The van der Waals surface area contributed by atoms with Gasteiger partial charge in [0.1, 0.15) is 0 Å². The minimum atomic E-state index is -4.61. The largest absolute Gasteiger partial charge is 0.418 e. The Hall–Kier alpha value is -2.19. The topological polar surface area (TPSA) is 57.8 Å². The minimum Gasteiger partial charge on any atom is -0.333 e. The number of rotatable bonds is 4. The zero-order valence-corrected chi connectivity index (χ0v) is 14.1. The Morgan fingerprint density at radius 3 is 2.68 bits per heavy atom. The minimum absolute atomic E-state index is 0.109. The van der Waals surface area contributed by atoms with Gasteiger partial charge in [-0.05, 0) is 24.3 Å². The lowest BCUT2D eigenvalue weighted by Gasteiger charge is -2.14. The molecule has 3 aromatic rings. The number of fused-ring (bicyclic) bond motifs is 1. The molecule has 1 heterocycles. The smallest absolute Gasteiger partial charge is 0.333 e. The Morgan fingerprint density at radius 1 is 1.20 bits per heavy atom. The van der Waals surface area contributed by atoms with E-state index >= 15 is 0 Å². The summed E-state index contributed by atoms with van der Waals surface area (Å²) in [7, 11) is 0. The third kappa shape index (κ3) is 4.08. The van der Waals surface area contributed by atoms with Crippen LogP contribution in [0.1, 0.15) is 5.56 Å². The van der Waals surface area contributed by atoms with Gasteiger partial charge >= 0.3 is 6.18 Å². The van der Waals surface area contributed by atoms with Crippen molar-refractivity contribution in [1.82, 2.24) is 9.97 Å². The second-order valence-electron chi connectivity index (χ2n) is 5.06. The number of carbonyl (C=O) groups excluding carboxylic acids is 1. The van der Waals surface area contributed by atoms with E-state index in [4.69, 9.17) is 11.6 Å². The summed E-state index contributed by atoms with van der Waals surface area (Å²) >= 11 is 6.90. The zero-order chi connectivity index (χ0) is 18.0. The van der Waals surface area contributed by atoms with Crippen LogP contribution in [0.3, 0.4) is 0 Å². The Morgan fingerprint density at radius 2 is 1.96 bits per heavy atom. The summed E-state index contributed by atoms with van der Waals surface area (Å²) in [6, 6.07) is 10.7. The summed E-state index contributed by atoms with van der Waals surface area (Å²) < 4.78 is 39.1. The maximum atomic E-state index is 13.0. The molecule has 1 aromatic heterocycles. The van der Waals surface area contributed by atoms with Gasteiger partial charge in [0.25, 0.3) is 0 Å². The fraction of sp³-hybridized carbons (Fsp3) is 0.125. The molecule has 0 aliphatic rings. The highest BCUT2D eigenvalue weighted by Gasteiger charge is 2.34. The molecule has 0 saturated heterocycles. The molecule has 130 valence electrons. The van der Waals surface area contributed by atoms with E-state index in [1.54, 1.807) is 0 Å². The third-order valence-electron chi connectivity index (χ3n) is 3.29. The van der Waals surface area contributed by atoms with Gasteiger partial charge in [-0.25, -0.2) is 4.98 Å². The van der Waals surface area contributed by atoms with Crippen molar-refractivity contribution in [3.05, 3.63) is 53.1 Å². The van der Waals surface area contributed by atoms with Crippen molar-refractivity contribution < 1.29 is 18.0 Å². The molecule has 1 amide bonds. The van der Waals surface area contributed by atoms with Crippen molar-refractivity contribution in [2.24, 2.45) is 0 Å². The van der Waals surface area contributed by atoms with Crippen molar-refractivity contribution in [3.63, 3.8) is 0 Å². The Labute approximate surface area is 149 Å². The van der Waals surface area contributed by atoms with Gasteiger partial charge in [-0.1, -0.05) is 41.6 Å². The van der Waals surface area contributed by atoms with E-state index in [9.17, 15) is 18.0 Å². The van der Waals surface area contributed by atoms with Crippen LogP contribution in [-0.2, 0) is 11.0 Å². The molecule has 0 atom stereocenters. The lowest BCUT2D eigenvalue weighted by atomic mass is 10.1. The molecule has 25 heavy (non-hydrogen) atoms. The van der Waals surface area contributed by atoms with Crippen LogP contribution in [0.25, 0.3) is 11.0 Å². The Balaban J connectivity index is 1.71. The van der Waals surface area contributed by atoms with Crippen molar-refractivity contribution in [2.45, 2.75) is 11.3 Å². The van der Waals surface area contributed by atoms with Gasteiger partial charge in [-0.2, -0.15) is 13.2 Å². The second-order valence-corrected chi connectivity index (χ2v) is 6.43. The molecule has 0 aliphatic carbocycles. The molecule has 4 nitrogen and oxygen atoms in total. The Kier molecular flexibility index (Phi) is 4.91. The zero-order valence-electron chi connectivity index (χ0n) is 12.5. The molecule has 0 saturated carbocycles. The molecule has 0 aliphatic heterocycles. The molecule has 0 bridgehead atoms. The third-order valence-corrected chi connectivity index (χ3v) is 4.48. The van der Waals surface area contributed by atoms with E-state index in [0.717, 1.165) is 28.9 Å². The number of nitrogens with zero attached hydrogens (tertiary/aromatic N) is 1. The molecular weight excluding hydrogens is 375 g/mol. The standard InChI is InChI=1S/C16H11ClF3N3OS/c17-10-5-3-4-9(16(18,19)20)14(10)23-13(24)8-25-15-21-11-6-1-2-7-12(11)22-15/h1-7H,8H2,(H,21,22)(H,23,24). The number of carbonyl (C=O) groups is 1. The van der Waals surface area contributed by atoms with E-state index < -0.39 is 23.3 Å². The van der Waals surface area contributed by atoms with Gasteiger partial charge < -0.3 is 10.3 Å². The lowest BCUT2D eigenvalue weighted by molar-refractivity contribution is -0.137. The van der Waals surface area contributed by atoms with E-state index in [1.807, 2.05) is 24.3 Å². The number of amides is 1.